The highest BCUT2D eigenvalue weighted by molar-refractivity contribution is 5.75. The van der Waals surface area contributed by atoms with E-state index < -0.39 is 11.5 Å². The van der Waals surface area contributed by atoms with Crippen LogP contribution in [0.15, 0.2) is 76.5 Å². The van der Waals surface area contributed by atoms with Crippen LogP contribution in [0.5, 0.6) is 0 Å². The Morgan fingerprint density at radius 3 is 1.40 bits per heavy atom. The lowest BCUT2D eigenvalue weighted by Gasteiger charge is -2.06. The van der Waals surface area contributed by atoms with Crippen LogP contribution in [0.3, 0.4) is 0 Å². The fourth-order valence-electron chi connectivity index (χ4n) is 3.50. The first-order valence-electron chi connectivity index (χ1n) is 9.81. The van der Waals surface area contributed by atoms with Crippen LogP contribution >= 0.6 is 0 Å². The zero-order valence-electron chi connectivity index (χ0n) is 16.2. The minimum atomic E-state index is -0.668. The maximum absolute atomic E-state index is 12.5. The number of para-hydroxylation sites is 2. The summed E-state index contributed by atoms with van der Waals surface area (Å²) in [5.74, 6) is -1.34. The molecule has 4 rings (SSSR count). The van der Waals surface area contributed by atoms with Crippen LogP contribution in [0.25, 0.3) is 21.9 Å². The Bertz CT molecular complexity index is 1330. The summed E-state index contributed by atoms with van der Waals surface area (Å²) in [6, 6.07) is 13.3. The van der Waals surface area contributed by atoms with Gasteiger partial charge in [0, 0.05) is 13.1 Å². The Kier molecular flexibility index (Phi) is 5.47. The highest BCUT2D eigenvalue weighted by atomic mass is 16.4. The van der Waals surface area contributed by atoms with Gasteiger partial charge < -0.3 is 8.83 Å². The normalized spacial score (nSPS) is 11.3. The van der Waals surface area contributed by atoms with Crippen molar-refractivity contribution in [2.24, 2.45) is 0 Å². The van der Waals surface area contributed by atoms with Gasteiger partial charge in [-0.3, -0.25) is 9.59 Å². The Labute approximate surface area is 169 Å². The van der Waals surface area contributed by atoms with Crippen molar-refractivity contribution in [1.82, 2.24) is 9.13 Å². The lowest BCUT2D eigenvalue weighted by atomic mass is 10.2. The Morgan fingerprint density at radius 1 is 0.567 bits per heavy atom. The first kappa shape index (κ1) is 19.6. The number of rotatable bonds is 7. The Hall–Kier alpha value is -3.68. The zero-order chi connectivity index (χ0) is 21.1. The Morgan fingerprint density at radius 2 is 0.967 bits per heavy atom. The van der Waals surface area contributed by atoms with Crippen LogP contribution in [0.2, 0.25) is 0 Å². The van der Waals surface area contributed by atoms with Crippen molar-refractivity contribution in [3.8, 4) is 0 Å². The van der Waals surface area contributed by atoms with Gasteiger partial charge >= 0.3 is 11.5 Å². The van der Waals surface area contributed by atoms with E-state index in [9.17, 15) is 19.2 Å². The molecule has 4 aromatic rings. The average molecular weight is 408 g/mol. The standard InChI is InChI=1S/C22H20N2O6/c25-19-15-9-3-5-11-17(15)29-21(27)23(19)13-7-1-2-8-14-24-20(26)16-10-4-6-12-18(16)30-22(24)28/h3-6,9-12H,1-2,7-8,13-14H2. The van der Waals surface area contributed by atoms with Gasteiger partial charge in [0.1, 0.15) is 11.2 Å². The van der Waals surface area contributed by atoms with Crippen LogP contribution in [-0.4, -0.2) is 9.13 Å². The molecule has 0 aliphatic heterocycles. The van der Waals surface area contributed by atoms with Crippen LogP contribution < -0.4 is 22.6 Å². The molecule has 0 radical (unpaired) electrons. The van der Waals surface area contributed by atoms with Crippen LogP contribution in [0, 0.1) is 0 Å². The van der Waals surface area contributed by atoms with Gasteiger partial charge in [-0.15, -0.1) is 0 Å². The summed E-state index contributed by atoms with van der Waals surface area (Å²) in [5.41, 5.74) is -0.156. The smallest absolute Gasteiger partial charge is 0.409 e. The molecule has 0 spiro atoms. The van der Waals surface area contributed by atoms with Gasteiger partial charge in [0.2, 0.25) is 0 Å². The fraction of sp³-hybridized carbons (Fsp3) is 0.273. The third-order valence-corrected chi connectivity index (χ3v) is 5.07. The summed E-state index contributed by atoms with van der Waals surface area (Å²) in [6.45, 7) is 0.508. The molecule has 0 saturated carbocycles. The SMILES string of the molecule is O=c1oc2ccccc2c(=O)n1CCCCCCn1c(=O)oc2ccccc2c1=O. The van der Waals surface area contributed by atoms with Crippen molar-refractivity contribution in [2.45, 2.75) is 38.8 Å². The van der Waals surface area contributed by atoms with E-state index in [1.54, 1.807) is 48.5 Å². The summed E-state index contributed by atoms with van der Waals surface area (Å²) in [6.07, 6.45) is 2.66. The lowest BCUT2D eigenvalue weighted by Crippen LogP contribution is -2.32. The molecule has 0 fully saturated rings. The van der Waals surface area contributed by atoms with Gasteiger partial charge in [-0.25, -0.2) is 18.7 Å². The number of fused-ring (bicyclic) bond motifs is 2. The van der Waals surface area contributed by atoms with Gasteiger partial charge in [0.25, 0.3) is 11.1 Å². The van der Waals surface area contributed by atoms with Gasteiger partial charge in [-0.05, 0) is 37.1 Å². The molecule has 8 nitrogen and oxygen atoms in total. The maximum atomic E-state index is 12.5. The second-order valence-corrected chi connectivity index (χ2v) is 7.06. The molecule has 0 aliphatic carbocycles. The number of hydrogen-bond donors (Lipinski definition) is 0. The largest absolute Gasteiger partial charge is 0.422 e. The van der Waals surface area contributed by atoms with E-state index in [0.717, 1.165) is 22.0 Å². The predicted octanol–water partition coefficient (Wildman–Crippen LogP) is 2.48. The molecule has 0 bridgehead atoms. The van der Waals surface area contributed by atoms with Crippen LogP contribution in [0.1, 0.15) is 25.7 Å². The highest BCUT2D eigenvalue weighted by Gasteiger charge is 2.10. The summed E-state index contributed by atoms with van der Waals surface area (Å²) in [5, 5.41) is 0.749. The predicted molar refractivity (Wildman–Crippen MR) is 112 cm³/mol. The van der Waals surface area contributed by atoms with Gasteiger partial charge in [-0.1, -0.05) is 37.1 Å². The summed E-state index contributed by atoms with van der Waals surface area (Å²) in [7, 11) is 0. The summed E-state index contributed by atoms with van der Waals surface area (Å²) >= 11 is 0. The number of benzene rings is 2. The quantitative estimate of drug-likeness (QED) is 0.435. The van der Waals surface area contributed by atoms with Crippen molar-refractivity contribution >= 4 is 21.9 Å². The number of nitrogens with zero attached hydrogens (tertiary/aromatic N) is 2. The summed E-state index contributed by atoms with van der Waals surface area (Å²) < 4.78 is 12.6. The van der Waals surface area contributed by atoms with Crippen molar-refractivity contribution in [1.29, 1.82) is 0 Å². The minimum absolute atomic E-state index is 0.254. The molecule has 2 aromatic heterocycles. The molecule has 154 valence electrons. The third-order valence-electron chi connectivity index (χ3n) is 5.07. The molecule has 0 N–H and O–H groups in total. The maximum Gasteiger partial charge on any atom is 0.422 e. The molecule has 0 atom stereocenters. The molecule has 8 heteroatoms. The molecule has 0 unspecified atom stereocenters. The van der Waals surface area contributed by atoms with Gasteiger partial charge in [-0.2, -0.15) is 0 Å². The van der Waals surface area contributed by atoms with Gasteiger partial charge in [0.05, 0.1) is 10.8 Å². The van der Waals surface area contributed by atoms with Crippen LogP contribution in [0.4, 0.5) is 0 Å². The number of hydrogen-bond acceptors (Lipinski definition) is 6. The third kappa shape index (κ3) is 3.76. The van der Waals surface area contributed by atoms with Crippen molar-refractivity contribution in [3.63, 3.8) is 0 Å². The zero-order valence-corrected chi connectivity index (χ0v) is 16.2. The molecular formula is C22H20N2O6. The topological polar surface area (TPSA) is 104 Å². The molecule has 0 amide bonds. The first-order chi connectivity index (χ1) is 14.6. The van der Waals surface area contributed by atoms with E-state index in [1.165, 1.54) is 0 Å². The fourth-order valence-corrected chi connectivity index (χ4v) is 3.50. The molecule has 0 saturated heterocycles. The molecule has 2 heterocycles. The van der Waals surface area contributed by atoms with E-state index in [0.29, 0.717) is 23.6 Å². The lowest BCUT2D eigenvalue weighted by molar-refractivity contribution is 0.426. The van der Waals surface area contributed by atoms with E-state index in [2.05, 4.69) is 0 Å². The van der Waals surface area contributed by atoms with Crippen molar-refractivity contribution in [2.75, 3.05) is 0 Å². The van der Waals surface area contributed by atoms with E-state index in [4.69, 9.17) is 8.83 Å². The molecule has 0 aliphatic rings. The van der Waals surface area contributed by atoms with E-state index in [1.807, 2.05) is 0 Å². The van der Waals surface area contributed by atoms with Crippen LogP contribution in [-0.2, 0) is 13.1 Å². The second-order valence-electron chi connectivity index (χ2n) is 7.06. The number of unbranched alkanes of at least 4 members (excludes halogenated alkanes) is 3. The van der Waals surface area contributed by atoms with Gasteiger partial charge in [0.15, 0.2) is 0 Å². The second kappa shape index (κ2) is 8.36. The van der Waals surface area contributed by atoms with Crippen molar-refractivity contribution < 1.29 is 8.83 Å². The highest BCUT2D eigenvalue weighted by Crippen LogP contribution is 2.08. The first-order valence-corrected chi connectivity index (χ1v) is 9.81. The number of aromatic nitrogens is 2. The molecule has 2 aromatic carbocycles. The van der Waals surface area contributed by atoms with E-state index in [-0.39, 0.29) is 35.4 Å². The molecule has 30 heavy (non-hydrogen) atoms. The Balaban J connectivity index is 1.36. The monoisotopic (exact) mass is 408 g/mol. The molecular weight excluding hydrogens is 388 g/mol. The average Bonchev–Trinajstić information content (AvgIpc) is 2.74. The minimum Gasteiger partial charge on any atom is -0.409 e. The summed E-state index contributed by atoms with van der Waals surface area (Å²) in [4.78, 5) is 49.0. The van der Waals surface area contributed by atoms with Crippen molar-refractivity contribution in [3.05, 3.63) is 90.3 Å². The van der Waals surface area contributed by atoms with E-state index >= 15 is 0 Å².